The number of carbonyl (C=O) groups is 1. The van der Waals surface area contributed by atoms with E-state index in [1.54, 1.807) is 0 Å². The molecule has 0 aromatic heterocycles. The predicted molar refractivity (Wildman–Crippen MR) is 44.5 cm³/mol. The van der Waals surface area contributed by atoms with Gasteiger partial charge in [0, 0.05) is 20.0 Å². The Morgan fingerprint density at radius 3 is 3.00 bits per heavy atom. The van der Waals surface area contributed by atoms with E-state index in [-0.39, 0.29) is 12.2 Å². The third-order valence-corrected chi connectivity index (χ3v) is 2.85. The van der Waals surface area contributed by atoms with E-state index in [9.17, 15) is 4.79 Å². The molecule has 3 nitrogen and oxygen atoms in total. The molecule has 2 fully saturated rings. The molecule has 3 heteroatoms. The van der Waals surface area contributed by atoms with Crippen LogP contribution in [0, 0.1) is 5.92 Å². The van der Waals surface area contributed by atoms with Gasteiger partial charge in [0.15, 0.2) is 6.23 Å². The van der Waals surface area contributed by atoms with Gasteiger partial charge < -0.3 is 4.74 Å². The number of rotatable bonds is 1. The molecule has 3 unspecified atom stereocenters. The number of hydrogen-bond donors (Lipinski definition) is 0. The molecule has 0 N–H and O–H groups in total. The number of ether oxygens (including phenoxy) is 1. The summed E-state index contributed by atoms with van der Waals surface area (Å²) in [6, 6.07) is 0. The predicted octanol–water partition coefficient (Wildman–Crippen LogP) is 0.991. The van der Waals surface area contributed by atoms with Gasteiger partial charge in [-0.05, 0) is 25.2 Å². The summed E-state index contributed by atoms with van der Waals surface area (Å²) in [7, 11) is 0. The number of piperidine rings is 1. The molecule has 12 heavy (non-hydrogen) atoms. The summed E-state index contributed by atoms with van der Waals surface area (Å²) in [6.07, 6.45) is 3.64. The fraction of sp³-hybridized carbons (Fsp3) is 0.889. The number of carbonyl (C=O) groups excluding carboxylic acids is 1. The van der Waals surface area contributed by atoms with Gasteiger partial charge in [0.25, 0.3) is 0 Å². The molecule has 0 saturated carbocycles. The van der Waals surface area contributed by atoms with Gasteiger partial charge in [-0.3, -0.25) is 9.69 Å². The molecule has 0 amide bonds. The second-order valence-electron chi connectivity index (χ2n) is 3.79. The monoisotopic (exact) mass is 169 g/mol. The van der Waals surface area contributed by atoms with Crippen molar-refractivity contribution in [1.29, 1.82) is 0 Å². The zero-order valence-electron chi connectivity index (χ0n) is 7.45. The third-order valence-electron chi connectivity index (χ3n) is 2.85. The van der Waals surface area contributed by atoms with Crippen LogP contribution in [0.2, 0.25) is 0 Å². The van der Waals surface area contributed by atoms with E-state index in [1.807, 2.05) is 0 Å². The van der Waals surface area contributed by atoms with E-state index in [2.05, 4.69) is 4.90 Å². The van der Waals surface area contributed by atoms with E-state index in [4.69, 9.17) is 4.74 Å². The van der Waals surface area contributed by atoms with Crippen molar-refractivity contribution in [2.45, 2.75) is 32.4 Å². The van der Waals surface area contributed by atoms with Crippen LogP contribution in [-0.4, -0.2) is 30.2 Å². The van der Waals surface area contributed by atoms with Crippen LogP contribution in [0.1, 0.15) is 26.2 Å². The summed E-state index contributed by atoms with van der Waals surface area (Å²) in [6.45, 7) is 3.74. The first-order valence-corrected chi connectivity index (χ1v) is 4.67. The summed E-state index contributed by atoms with van der Waals surface area (Å²) in [5.74, 6) is 0.724. The molecule has 0 radical (unpaired) electrons. The summed E-state index contributed by atoms with van der Waals surface area (Å²) < 4.78 is 5.21. The fourth-order valence-corrected chi connectivity index (χ4v) is 2.25. The smallest absolute Gasteiger partial charge is 0.304 e. The van der Waals surface area contributed by atoms with Gasteiger partial charge in [-0.1, -0.05) is 0 Å². The molecule has 0 aliphatic carbocycles. The molecule has 2 saturated heterocycles. The molecule has 2 bridgehead atoms. The van der Waals surface area contributed by atoms with Crippen LogP contribution in [0.3, 0.4) is 0 Å². The number of hydrogen-bond acceptors (Lipinski definition) is 3. The Kier molecular flexibility index (Phi) is 2.05. The second kappa shape index (κ2) is 3.05. The summed E-state index contributed by atoms with van der Waals surface area (Å²) in [5.41, 5.74) is 0. The Balaban J connectivity index is 1.93. The van der Waals surface area contributed by atoms with Crippen LogP contribution >= 0.6 is 0 Å². The second-order valence-corrected chi connectivity index (χ2v) is 3.79. The van der Waals surface area contributed by atoms with Gasteiger partial charge in [0.05, 0.1) is 0 Å². The molecule has 0 spiro atoms. The number of esters is 1. The van der Waals surface area contributed by atoms with Crippen molar-refractivity contribution >= 4 is 5.97 Å². The van der Waals surface area contributed by atoms with Gasteiger partial charge in [-0.15, -0.1) is 0 Å². The molecule has 2 aliphatic heterocycles. The number of fused-ring (bicyclic) bond motifs is 2. The van der Waals surface area contributed by atoms with Gasteiger partial charge in [0.2, 0.25) is 0 Å². The lowest BCUT2D eigenvalue weighted by Gasteiger charge is -2.31. The molecule has 2 aliphatic rings. The first kappa shape index (κ1) is 8.05. The largest absolute Gasteiger partial charge is 0.447 e. The lowest BCUT2D eigenvalue weighted by Crippen LogP contribution is -2.39. The highest BCUT2D eigenvalue weighted by Crippen LogP contribution is 2.31. The van der Waals surface area contributed by atoms with Crippen LogP contribution in [0.4, 0.5) is 0 Å². The summed E-state index contributed by atoms with van der Waals surface area (Å²) in [5, 5.41) is 0. The zero-order valence-corrected chi connectivity index (χ0v) is 7.45. The zero-order chi connectivity index (χ0) is 8.55. The highest BCUT2D eigenvalue weighted by atomic mass is 16.6. The topological polar surface area (TPSA) is 29.5 Å². The molecular weight excluding hydrogens is 154 g/mol. The molecule has 2 heterocycles. The van der Waals surface area contributed by atoms with Crippen molar-refractivity contribution in [2.75, 3.05) is 13.1 Å². The van der Waals surface area contributed by atoms with Gasteiger partial charge in [0.1, 0.15) is 0 Å². The first-order chi connectivity index (χ1) is 5.75. The maximum Gasteiger partial charge on any atom is 0.304 e. The SMILES string of the molecule is CC(=O)OC1CCC2CCN1C2. The number of nitrogens with zero attached hydrogens (tertiary/aromatic N) is 1. The van der Waals surface area contributed by atoms with E-state index >= 15 is 0 Å². The first-order valence-electron chi connectivity index (χ1n) is 4.67. The molecule has 2 rings (SSSR count). The fourth-order valence-electron chi connectivity index (χ4n) is 2.25. The van der Waals surface area contributed by atoms with Crippen LogP contribution < -0.4 is 0 Å². The van der Waals surface area contributed by atoms with Crippen molar-refractivity contribution < 1.29 is 9.53 Å². The van der Waals surface area contributed by atoms with E-state index in [1.165, 1.54) is 19.8 Å². The van der Waals surface area contributed by atoms with Crippen LogP contribution in [0.25, 0.3) is 0 Å². The normalized spacial score (nSPS) is 39.6. The summed E-state index contributed by atoms with van der Waals surface area (Å²) >= 11 is 0. The van der Waals surface area contributed by atoms with Crippen molar-refractivity contribution in [1.82, 2.24) is 4.90 Å². The minimum atomic E-state index is -0.148. The minimum Gasteiger partial charge on any atom is -0.447 e. The Bertz CT molecular complexity index is 193. The van der Waals surface area contributed by atoms with Crippen LogP contribution in [-0.2, 0) is 9.53 Å². The maximum absolute atomic E-state index is 10.7. The Morgan fingerprint density at radius 1 is 1.42 bits per heavy atom. The highest BCUT2D eigenvalue weighted by Gasteiger charge is 2.34. The van der Waals surface area contributed by atoms with Crippen molar-refractivity contribution in [3.05, 3.63) is 0 Å². The molecule has 3 atom stereocenters. The quantitative estimate of drug-likeness (QED) is 0.548. The average Bonchev–Trinajstić information content (AvgIpc) is 2.39. The maximum atomic E-state index is 10.7. The van der Waals surface area contributed by atoms with Crippen LogP contribution in [0.15, 0.2) is 0 Å². The van der Waals surface area contributed by atoms with Gasteiger partial charge in [-0.2, -0.15) is 0 Å². The van der Waals surface area contributed by atoms with E-state index in [0.29, 0.717) is 0 Å². The Hall–Kier alpha value is -0.570. The minimum absolute atomic E-state index is 0.0845. The highest BCUT2D eigenvalue weighted by molar-refractivity contribution is 5.66. The summed E-state index contributed by atoms with van der Waals surface area (Å²) in [4.78, 5) is 13.0. The van der Waals surface area contributed by atoms with Crippen molar-refractivity contribution in [3.8, 4) is 0 Å². The standard InChI is InChI=1S/C9H15NO2/c1-7(11)12-9-3-2-8-4-5-10(9)6-8/h8-9H,2-6H2,1H3. The lowest BCUT2D eigenvalue weighted by atomic mass is 10.0. The third kappa shape index (κ3) is 1.46. The molecule has 68 valence electrons. The molecule has 0 aromatic carbocycles. The van der Waals surface area contributed by atoms with Gasteiger partial charge in [-0.25, -0.2) is 0 Å². The van der Waals surface area contributed by atoms with Gasteiger partial charge >= 0.3 is 5.97 Å². The molecule has 0 aromatic rings. The van der Waals surface area contributed by atoms with E-state index in [0.717, 1.165) is 25.4 Å². The Morgan fingerprint density at radius 2 is 2.25 bits per heavy atom. The lowest BCUT2D eigenvalue weighted by molar-refractivity contribution is -0.158. The average molecular weight is 169 g/mol. The van der Waals surface area contributed by atoms with E-state index < -0.39 is 0 Å². The van der Waals surface area contributed by atoms with Crippen LogP contribution in [0.5, 0.6) is 0 Å². The molecular formula is C9H15NO2. The van der Waals surface area contributed by atoms with Crippen molar-refractivity contribution in [3.63, 3.8) is 0 Å². The van der Waals surface area contributed by atoms with Crippen molar-refractivity contribution in [2.24, 2.45) is 5.92 Å². The Labute approximate surface area is 72.7 Å².